The molecular weight excluding hydrogens is 250 g/mol. The molecule has 1 atom stereocenters. The Bertz CT molecular complexity index is 432. The summed E-state index contributed by atoms with van der Waals surface area (Å²) in [5.41, 5.74) is 1.17. The summed E-state index contributed by atoms with van der Waals surface area (Å²) in [5.74, 6) is 2.06. The summed E-state index contributed by atoms with van der Waals surface area (Å²) >= 11 is 0. The highest BCUT2D eigenvalue weighted by molar-refractivity contribution is 5.58. The van der Waals surface area contributed by atoms with Gasteiger partial charge in [0.1, 0.15) is 18.0 Å². The fourth-order valence-corrected chi connectivity index (χ4v) is 2.75. The van der Waals surface area contributed by atoms with E-state index in [9.17, 15) is 0 Å². The first kappa shape index (κ1) is 15.0. The summed E-state index contributed by atoms with van der Waals surface area (Å²) in [7, 11) is 4.32. The molecule has 1 fully saturated rings. The molecule has 2 heterocycles. The number of rotatable bonds is 5. The van der Waals surface area contributed by atoms with Crippen LogP contribution in [-0.4, -0.2) is 54.6 Å². The van der Waals surface area contributed by atoms with Crippen molar-refractivity contribution in [2.45, 2.75) is 39.2 Å². The van der Waals surface area contributed by atoms with Gasteiger partial charge in [-0.05, 0) is 40.3 Å². The minimum Gasteiger partial charge on any atom is -0.370 e. The predicted molar refractivity (Wildman–Crippen MR) is 84.5 cm³/mol. The summed E-state index contributed by atoms with van der Waals surface area (Å²) in [6.07, 6.45) is 5.28. The smallest absolute Gasteiger partial charge is 0.137 e. The number of likely N-dealkylation sites (N-methyl/N-ethyl adjacent to an activating group) is 1. The van der Waals surface area contributed by atoms with Crippen LogP contribution in [0.15, 0.2) is 6.33 Å². The van der Waals surface area contributed by atoms with Gasteiger partial charge in [0.15, 0.2) is 0 Å². The second-order valence-corrected chi connectivity index (χ2v) is 5.80. The average Bonchev–Trinajstić information content (AvgIpc) is 2.46. The van der Waals surface area contributed by atoms with E-state index in [1.165, 1.54) is 18.4 Å². The Morgan fingerprint density at radius 2 is 2.20 bits per heavy atom. The minimum absolute atomic E-state index is 0.616. The van der Waals surface area contributed by atoms with E-state index in [0.717, 1.165) is 37.7 Å². The van der Waals surface area contributed by atoms with Crippen LogP contribution in [0.1, 0.15) is 31.7 Å². The van der Waals surface area contributed by atoms with E-state index in [-0.39, 0.29) is 0 Å². The SMILES string of the molecule is CCCNc1ncnc(N2CCCC(N(C)C)C2)c1C. The normalized spacial score (nSPS) is 19.4. The van der Waals surface area contributed by atoms with Gasteiger partial charge in [0, 0.05) is 31.2 Å². The Hall–Kier alpha value is -1.36. The van der Waals surface area contributed by atoms with Crippen molar-refractivity contribution in [3.63, 3.8) is 0 Å². The fourth-order valence-electron chi connectivity index (χ4n) is 2.75. The van der Waals surface area contributed by atoms with Crippen LogP contribution < -0.4 is 10.2 Å². The van der Waals surface area contributed by atoms with Crippen LogP contribution in [0.5, 0.6) is 0 Å². The van der Waals surface area contributed by atoms with Gasteiger partial charge in [0.2, 0.25) is 0 Å². The molecule has 0 amide bonds. The van der Waals surface area contributed by atoms with E-state index < -0.39 is 0 Å². The largest absolute Gasteiger partial charge is 0.370 e. The Morgan fingerprint density at radius 1 is 1.40 bits per heavy atom. The molecule has 112 valence electrons. The molecule has 0 bridgehead atoms. The minimum atomic E-state index is 0.616. The topological polar surface area (TPSA) is 44.3 Å². The highest BCUT2D eigenvalue weighted by Gasteiger charge is 2.24. The van der Waals surface area contributed by atoms with Crippen molar-refractivity contribution in [1.82, 2.24) is 14.9 Å². The van der Waals surface area contributed by atoms with Crippen LogP contribution in [0.2, 0.25) is 0 Å². The highest BCUT2D eigenvalue weighted by Crippen LogP contribution is 2.26. The van der Waals surface area contributed by atoms with Crippen molar-refractivity contribution in [3.8, 4) is 0 Å². The second kappa shape index (κ2) is 6.88. The van der Waals surface area contributed by atoms with Gasteiger partial charge in [-0.15, -0.1) is 0 Å². The molecule has 20 heavy (non-hydrogen) atoms. The molecular formula is C15H27N5. The lowest BCUT2D eigenvalue weighted by Gasteiger charge is -2.37. The number of aromatic nitrogens is 2. The molecule has 2 rings (SSSR count). The van der Waals surface area contributed by atoms with Crippen LogP contribution >= 0.6 is 0 Å². The third-order valence-electron chi connectivity index (χ3n) is 4.03. The number of anilines is 2. The average molecular weight is 277 g/mol. The second-order valence-electron chi connectivity index (χ2n) is 5.80. The molecule has 0 radical (unpaired) electrons. The quantitative estimate of drug-likeness (QED) is 0.893. The molecule has 0 saturated carbocycles. The van der Waals surface area contributed by atoms with E-state index >= 15 is 0 Å². The van der Waals surface area contributed by atoms with Crippen molar-refractivity contribution >= 4 is 11.6 Å². The molecule has 1 aliphatic rings. The van der Waals surface area contributed by atoms with Gasteiger partial charge < -0.3 is 15.1 Å². The maximum atomic E-state index is 4.52. The van der Waals surface area contributed by atoms with E-state index in [4.69, 9.17) is 0 Å². The molecule has 1 aromatic rings. The lowest BCUT2D eigenvalue weighted by molar-refractivity contribution is 0.257. The Kier molecular flexibility index (Phi) is 5.17. The van der Waals surface area contributed by atoms with E-state index in [1.54, 1.807) is 6.33 Å². The first-order valence-corrected chi connectivity index (χ1v) is 7.60. The summed E-state index contributed by atoms with van der Waals surface area (Å²) in [5, 5.41) is 3.39. The molecule has 1 N–H and O–H groups in total. The van der Waals surface area contributed by atoms with Gasteiger partial charge in [0.05, 0.1) is 0 Å². The van der Waals surface area contributed by atoms with Crippen LogP contribution in [0, 0.1) is 6.92 Å². The van der Waals surface area contributed by atoms with Crippen LogP contribution in [-0.2, 0) is 0 Å². The fraction of sp³-hybridized carbons (Fsp3) is 0.733. The summed E-state index contributed by atoms with van der Waals surface area (Å²) < 4.78 is 0. The first-order chi connectivity index (χ1) is 9.63. The molecule has 1 unspecified atom stereocenters. The number of nitrogens with zero attached hydrogens (tertiary/aromatic N) is 4. The Morgan fingerprint density at radius 3 is 2.90 bits per heavy atom. The molecule has 5 nitrogen and oxygen atoms in total. The van der Waals surface area contributed by atoms with E-state index in [0.29, 0.717) is 6.04 Å². The predicted octanol–water partition coefficient (Wildman–Crippen LogP) is 2.14. The van der Waals surface area contributed by atoms with Crippen molar-refractivity contribution in [2.24, 2.45) is 0 Å². The molecule has 0 spiro atoms. The molecule has 1 saturated heterocycles. The number of piperidine rings is 1. The maximum absolute atomic E-state index is 4.52. The van der Waals surface area contributed by atoms with Gasteiger partial charge in [-0.1, -0.05) is 6.92 Å². The van der Waals surface area contributed by atoms with E-state index in [2.05, 4.69) is 53.0 Å². The number of hydrogen-bond donors (Lipinski definition) is 1. The zero-order valence-electron chi connectivity index (χ0n) is 13.2. The summed E-state index contributed by atoms with van der Waals surface area (Å²) in [4.78, 5) is 13.6. The van der Waals surface area contributed by atoms with E-state index in [1.807, 2.05) is 0 Å². The maximum Gasteiger partial charge on any atom is 0.137 e. The lowest BCUT2D eigenvalue weighted by atomic mass is 10.0. The molecule has 1 aromatic heterocycles. The zero-order valence-corrected chi connectivity index (χ0v) is 13.2. The standard InChI is InChI=1S/C15H27N5/c1-5-8-16-14-12(2)15(18-11-17-14)20-9-6-7-13(10-20)19(3)4/h11,13H,5-10H2,1-4H3,(H,16,17,18). The van der Waals surface area contributed by atoms with Crippen molar-refractivity contribution in [3.05, 3.63) is 11.9 Å². The highest BCUT2D eigenvalue weighted by atomic mass is 15.2. The summed E-state index contributed by atoms with van der Waals surface area (Å²) in [6, 6.07) is 0.616. The molecule has 5 heteroatoms. The number of nitrogens with one attached hydrogen (secondary N) is 1. The molecule has 0 aromatic carbocycles. The molecule has 0 aliphatic carbocycles. The lowest BCUT2D eigenvalue weighted by Crippen LogP contribution is -2.45. The van der Waals surface area contributed by atoms with Gasteiger partial charge >= 0.3 is 0 Å². The van der Waals surface area contributed by atoms with Crippen LogP contribution in [0.25, 0.3) is 0 Å². The Labute approximate surface area is 122 Å². The van der Waals surface area contributed by atoms with Gasteiger partial charge in [-0.2, -0.15) is 0 Å². The molecule has 1 aliphatic heterocycles. The third-order valence-corrected chi connectivity index (χ3v) is 4.03. The van der Waals surface area contributed by atoms with Crippen molar-refractivity contribution in [1.29, 1.82) is 0 Å². The number of hydrogen-bond acceptors (Lipinski definition) is 5. The van der Waals surface area contributed by atoms with Crippen molar-refractivity contribution in [2.75, 3.05) is 43.9 Å². The van der Waals surface area contributed by atoms with Gasteiger partial charge in [0.25, 0.3) is 0 Å². The van der Waals surface area contributed by atoms with Crippen LogP contribution in [0.3, 0.4) is 0 Å². The van der Waals surface area contributed by atoms with Gasteiger partial charge in [-0.3, -0.25) is 0 Å². The van der Waals surface area contributed by atoms with Crippen LogP contribution in [0.4, 0.5) is 11.6 Å². The first-order valence-electron chi connectivity index (χ1n) is 7.60. The Balaban J connectivity index is 2.15. The third kappa shape index (κ3) is 3.39. The zero-order chi connectivity index (χ0) is 14.5. The van der Waals surface area contributed by atoms with Gasteiger partial charge in [-0.25, -0.2) is 9.97 Å². The van der Waals surface area contributed by atoms with Crippen molar-refractivity contribution < 1.29 is 0 Å². The summed E-state index contributed by atoms with van der Waals surface area (Å²) in [6.45, 7) is 7.38. The monoisotopic (exact) mass is 277 g/mol.